The lowest BCUT2D eigenvalue weighted by Crippen LogP contribution is -2.51. The summed E-state index contributed by atoms with van der Waals surface area (Å²) in [5.74, 6) is 1.07. The molecule has 0 spiro atoms. The van der Waals surface area contributed by atoms with E-state index in [1.54, 1.807) is 6.26 Å². The van der Waals surface area contributed by atoms with Crippen LogP contribution in [0.5, 0.6) is 0 Å². The number of rotatable bonds is 5. The van der Waals surface area contributed by atoms with Crippen molar-refractivity contribution in [3.63, 3.8) is 0 Å². The minimum absolute atomic E-state index is 0.228. The van der Waals surface area contributed by atoms with E-state index in [-0.39, 0.29) is 5.92 Å². The first-order valence-electron chi connectivity index (χ1n) is 11.5. The van der Waals surface area contributed by atoms with Crippen LogP contribution >= 0.6 is 0 Å². The number of hydrogen-bond acceptors (Lipinski definition) is 4. The summed E-state index contributed by atoms with van der Waals surface area (Å²) in [6, 6.07) is 12.6. The van der Waals surface area contributed by atoms with E-state index in [1.807, 2.05) is 12.1 Å². The molecule has 1 aromatic carbocycles. The summed E-state index contributed by atoms with van der Waals surface area (Å²) in [4.78, 5) is 4.95. The molecule has 1 saturated carbocycles. The molecule has 2 aromatic rings. The minimum atomic E-state index is -0.845. The zero-order valence-electron chi connectivity index (χ0n) is 18.5. The van der Waals surface area contributed by atoms with Gasteiger partial charge in [0.25, 0.3) is 0 Å². The van der Waals surface area contributed by atoms with E-state index < -0.39 is 5.60 Å². The Bertz CT molecular complexity index is 819. The van der Waals surface area contributed by atoms with Crippen molar-refractivity contribution in [2.45, 2.75) is 44.6 Å². The summed E-state index contributed by atoms with van der Waals surface area (Å²) in [5, 5.41) is 12.3. The highest BCUT2D eigenvalue weighted by Crippen LogP contribution is 2.41. The number of benzene rings is 1. The predicted molar refractivity (Wildman–Crippen MR) is 122 cm³/mol. The van der Waals surface area contributed by atoms with Gasteiger partial charge in [0.15, 0.2) is 0 Å². The van der Waals surface area contributed by atoms with Crippen molar-refractivity contribution >= 4 is 6.08 Å². The second kappa shape index (κ2) is 9.51. The third kappa shape index (κ3) is 5.05. The summed E-state index contributed by atoms with van der Waals surface area (Å²) in [6.07, 6.45) is 8.79. The van der Waals surface area contributed by atoms with Crippen molar-refractivity contribution < 1.29 is 9.52 Å². The molecule has 1 aromatic heterocycles. The van der Waals surface area contributed by atoms with Crippen LogP contribution in [0.3, 0.4) is 0 Å². The normalized spacial score (nSPS) is 28.0. The quantitative estimate of drug-likeness (QED) is 0.745. The van der Waals surface area contributed by atoms with Crippen LogP contribution in [-0.4, -0.2) is 60.3 Å². The Morgan fingerprint density at radius 1 is 1.10 bits per heavy atom. The molecule has 0 radical (unpaired) electrons. The predicted octanol–water partition coefficient (Wildman–Crippen LogP) is 4.38. The maximum atomic E-state index is 12.3. The Morgan fingerprint density at radius 3 is 2.57 bits per heavy atom. The van der Waals surface area contributed by atoms with Gasteiger partial charge in [0, 0.05) is 45.1 Å². The fourth-order valence-electron chi connectivity index (χ4n) is 5.03. The van der Waals surface area contributed by atoms with E-state index in [2.05, 4.69) is 54.1 Å². The van der Waals surface area contributed by atoms with Gasteiger partial charge in [-0.15, -0.1) is 0 Å². The van der Waals surface area contributed by atoms with Crippen LogP contribution in [0.25, 0.3) is 6.08 Å². The molecule has 0 amide bonds. The van der Waals surface area contributed by atoms with Crippen molar-refractivity contribution in [3.05, 3.63) is 65.1 Å². The fraction of sp³-hybridized carbons (Fsp3) is 0.538. The largest absolute Gasteiger partial charge is 0.465 e. The number of furan rings is 1. The van der Waals surface area contributed by atoms with Gasteiger partial charge in [-0.05, 0) is 62.6 Å². The smallest absolute Gasteiger partial charge is 0.126 e. The highest BCUT2D eigenvalue weighted by atomic mass is 16.3. The van der Waals surface area contributed by atoms with Gasteiger partial charge in [-0.3, -0.25) is 0 Å². The van der Waals surface area contributed by atoms with Crippen molar-refractivity contribution in [1.82, 2.24) is 9.80 Å². The lowest BCUT2D eigenvalue weighted by molar-refractivity contribution is -0.00649. The molecule has 1 N–H and O–H groups in total. The SMILES string of the molecule is Cc1ccc(CC2(O)/C(=C\c3ccco3)CCCCC2CN2CCN(C)CC2)cc1. The molecule has 2 heterocycles. The number of hydrogen-bond donors (Lipinski definition) is 1. The highest BCUT2D eigenvalue weighted by Gasteiger charge is 2.42. The van der Waals surface area contributed by atoms with E-state index in [4.69, 9.17) is 4.42 Å². The molecule has 1 aliphatic heterocycles. The summed E-state index contributed by atoms with van der Waals surface area (Å²) in [7, 11) is 2.20. The van der Waals surface area contributed by atoms with Gasteiger partial charge in [-0.25, -0.2) is 0 Å². The Morgan fingerprint density at radius 2 is 1.87 bits per heavy atom. The van der Waals surface area contributed by atoms with Gasteiger partial charge in [0.05, 0.1) is 11.9 Å². The molecule has 2 unspecified atom stereocenters. The first-order valence-corrected chi connectivity index (χ1v) is 11.5. The average molecular weight is 409 g/mol. The van der Waals surface area contributed by atoms with Crippen LogP contribution in [0.4, 0.5) is 0 Å². The van der Waals surface area contributed by atoms with E-state index in [9.17, 15) is 5.11 Å². The Balaban J connectivity index is 1.65. The molecule has 2 aliphatic rings. The first-order chi connectivity index (χ1) is 14.5. The van der Waals surface area contributed by atoms with Crippen molar-refractivity contribution in [2.24, 2.45) is 5.92 Å². The second-order valence-electron chi connectivity index (χ2n) is 9.32. The first kappa shape index (κ1) is 21.4. The zero-order chi connectivity index (χ0) is 21.0. The van der Waals surface area contributed by atoms with Crippen molar-refractivity contribution in [3.8, 4) is 0 Å². The highest BCUT2D eigenvalue weighted by molar-refractivity contribution is 5.51. The summed E-state index contributed by atoms with van der Waals surface area (Å²) < 4.78 is 5.63. The van der Waals surface area contributed by atoms with Crippen LogP contribution in [0.1, 0.15) is 42.6 Å². The van der Waals surface area contributed by atoms with E-state index in [1.165, 1.54) is 17.5 Å². The van der Waals surface area contributed by atoms with Crippen LogP contribution in [0, 0.1) is 12.8 Å². The fourth-order valence-corrected chi connectivity index (χ4v) is 5.03. The van der Waals surface area contributed by atoms with Crippen LogP contribution in [0.15, 0.2) is 52.7 Å². The van der Waals surface area contributed by atoms with Gasteiger partial charge in [-0.1, -0.05) is 36.2 Å². The van der Waals surface area contributed by atoms with Gasteiger partial charge < -0.3 is 19.3 Å². The molecular formula is C26H36N2O2. The molecule has 0 bridgehead atoms. The van der Waals surface area contributed by atoms with Crippen LogP contribution in [0.2, 0.25) is 0 Å². The van der Waals surface area contributed by atoms with E-state index in [0.717, 1.165) is 63.3 Å². The standard InChI is InChI=1S/C26H36N2O2/c1-21-9-11-22(12-10-21)19-26(29)23(18-25-8-5-17-30-25)6-3-4-7-24(26)20-28-15-13-27(2)14-16-28/h5,8-12,17-18,24,29H,3-4,6-7,13-16,19-20H2,1-2H3/b23-18-. The van der Waals surface area contributed by atoms with Gasteiger partial charge in [0.1, 0.15) is 5.76 Å². The number of nitrogens with zero attached hydrogens (tertiary/aromatic N) is 2. The molecule has 2 fully saturated rings. The second-order valence-corrected chi connectivity index (χ2v) is 9.32. The molecule has 4 rings (SSSR count). The lowest BCUT2D eigenvalue weighted by Gasteiger charge is -2.42. The topological polar surface area (TPSA) is 39.9 Å². The minimum Gasteiger partial charge on any atom is -0.465 e. The monoisotopic (exact) mass is 408 g/mol. The maximum absolute atomic E-state index is 12.3. The maximum Gasteiger partial charge on any atom is 0.126 e. The molecule has 1 aliphatic carbocycles. The lowest BCUT2D eigenvalue weighted by atomic mass is 9.75. The van der Waals surface area contributed by atoms with E-state index in [0.29, 0.717) is 6.42 Å². The van der Waals surface area contributed by atoms with Gasteiger partial charge >= 0.3 is 0 Å². The summed E-state index contributed by atoms with van der Waals surface area (Å²) >= 11 is 0. The molecule has 4 nitrogen and oxygen atoms in total. The molecule has 4 heteroatoms. The number of piperazine rings is 1. The molecule has 1 saturated heterocycles. The molecule has 162 valence electrons. The zero-order valence-corrected chi connectivity index (χ0v) is 18.5. The van der Waals surface area contributed by atoms with Crippen LogP contribution < -0.4 is 0 Å². The average Bonchev–Trinajstić information content (AvgIpc) is 3.20. The number of aryl methyl sites for hydroxylation is 1. The molecule has 30 heavy (non-hydrogen) atoms. The molecule has 2 atom stereocenters. The molecular weight excluding hydrogens is 372 g/mol. The third-order valence-corrected chi connectivity index (χ3v) is 7.01. The van der Waals surface area contributed by atoms with Crippen molar-refractivity contribution in [1.29, 1.82) is 0 Å². The van der Waals surface area contributed by atoms with Crippen LogP contribution in [-0.2, 0) is 6.42 Å². The Labute approximate surface area is 181 Å². The Hall–Kier alpha value is -1.88. The third-order valence-electron chi connectivity index (χ3n) is 7.01. The number of likely N-dealkylation sites (N-methyl/N-ethyl adjacent to an activating group) is 1. The van der Waals surface area contributed by atoms with Crippen molar-refractivity contribution in [2.75, 3.05) is 39.8 Å². The van der Waals surface area contributed by atoms with E-state index >= 15 is 0 Å². The Kier molecular flexibility index (Phi) is 6.77. The summed E-state index contributed by atoms with van der Waals surface area (Å²) in [6.45, 7) is 7.47. The number of aliphatic hydroxyl groups is 1. The summed E-state index contributed by atoms with van der Waals surface area (Å²) in [5.41, 5.74) is 2.75. The van der Waals surface area contributed by atoms with Gasteiger partial charge in [0.2, 0.25) is 0 Å². The van der Waals surface area contributed by atoms with Gasteiger partial charge in [-0.2, -0.15) is 0 Å².